The van der Waals surface area contributed by atoms with Crippen LogP contribution in [-0.4, -0.2) is 22.2 Å². The van der Waals surface area contributed by atoms with Gasteiger partial charge in [-0.05, 0) is 44.0 Å². The molecule has 8 heteroatoms. The third-order valence-electron chi connectivity index (χ3n) is 3.89. The molecule has 0 saturated carbocycles. The summed E-state index contributed by atoms with van der Waals surface area (Å²) in [5, 5.41) is 2.73. The van der Waals surface area contributed by atoms with E-state index in [2.05, 4.69) is 20.0 Å². The van der Waals surface area contributed by atoms with Crippen LogP contribution >= 0.6 is 0 Å². The van der Waals surface area contributed by atoms with E-state index in [9.17, 15) is 18.0 Å². The van der Waals surface area contributed by atoms with Crippen LogP contribution in [0.4, 0.5) is 18.9 Å². The Kier molecular flexibility index (Phi) is 4.21. The Morgan fingerprint density at radius 3 is 2.71 bits per heavy atom. The van der Waals surface area contributed by atoms with Gasteiger partial charge in [0.05, 0.1) is 5.69 Å². The van der Waals surface area contributed by atoms with Crippen molar-refractivity contribution in [2.45, 2.75) is 32.5 Å². The molecule has 1 aromatic carbocycles. The van der Waals surface area contributed by atoms with E-state index in [1.165, 1.54) is 24.3 Å². The number of nitrogens with zero attached hydrogens (tertiary/aromatic N) is 1. The summed E-state index contributed by atoms with van der Waals surface area (Å²) in [6.45, 7) is 1.87. The summed E-state index contributed by atoms with van der Waals surface area (Å²) in [6, 6.07) is 5.10. The second-order valence-corrected chi connectivity index (χ2v) is 5.75. The molecule has 128 valence electrons. The number of benzene rings is 1. The van der Waals surface area contributed by atoms with Gasteiger partial charge in [0.1, 0.15) is 11.6 Å². The zero-order valence-electron chi connectivity index (χ0n) is 12.9. The molecule has 0 fully saturated rings. The largest absolute Gasteiger partial charge is 0.573 e. The van der Waals surface area contributed by atoms with Crippen molar-refractivity contribution in [1.82, 2.24) is 9.97 Å². The van der Waals surface area contributed by atoms with Gasteiger partial charge in [-0.25, -0.2) is 4.98 Å². The van der Waals surface area contributed by atoms with Gasteiger partial charge in [-0.1, -0.05) is 0 Å². The summed E-state index contributed by atoms with van der Waals surface area (Å²) in [5.41, 5.74) is 2.42. The lowest BCUT2D eigenvalue weighted by Crippen LogP contribution is -2.28. The number of aryl methyl sites for hydroxylation is 2. The molecule has 0 aliphatic heterocycles. The van der Waals surface area contributed by atoms with Crippen LogP contribution in [-0.2, 0) is 17.6 Å². The minimum atomic E-state index is -4.73. The number of aromatic amines is 1. The predicted molar refractivity (Wildman–Crippen MR) is 80.6 cm³/mol. The third-order valence-corrected chi connectivity index (χ3v) is 3.89. The molecule has 0 radical (unpaired) electrons. The van der Waals surface area contributed by atoms with Crippen LogP contribution in [0.25, 0.3) is 0 Å². The summed E-state index contributed by atoms with van der Waals surface area (Å²) in [6.07, 6.45) is -2.72. The van der Waals surface area contributed by atoms with Crippen molar-refractivity contribution in [3.8, 4) is 5.75 Å². The lowest BCUT2D eigenvalue weighted by Gasteiger charge is -2.20. The monoisotopic (exact) mass is 339 g/mol. The molecule has 2 N–H and O–H groups in total. The molecule has 0 saturated heterocycles. The zero-order chi connectivity index (χ0) is 17.3. The van der Waals surface area contributed by atoms with Crippen LogP contribution < -0.4 is 10.1 Å². The van der Waals surface area contributed by atoms with Crippen molar-refractivity contribution < 1.29 is 22.7 Å². The minimum absolute atomic E-state index is 0.155. The van der Waals surface area contributed by atoms with Crippen LogP contribution in [0, 0.1) is 12.8 Å². The Labute approximate surface area is 136 Å². The molecule has 24 heavy (non-hydrogen) atoms. The van der Waals surface area contributed by atoms with Gasteiger partial charge < -0.3 is 15.0 Å². The molecule has 1 aliphatic carbocycles. The minimum Gasteiger partial charge on any atom is -0.406 e. The molecular weight excluding hydrogens is 323 g/mol. The van der Waals surface area contributed by atoms with Crippen LogP contribution in [0.3, 0.4) is 0 Å². The first kappa shape index (κ1) is 16.4. The van der Waals surface area contributed by atoms with Crippen molar-refractivity contribution in [2.24, 2.45) is 5.92 Å². The van der Waals surface area contributed by atoms with E-state index in [0.717, 1.165) is 23.6 Å². The van der Waals surface area contributed by atoms with E-state index < -0.39 is 6.36 Å². The number of ether oxygens (including phenoxy) is 1. The molecule has 1 unspecified atom stereocenters. The molecule has 1 aliphatic rings. The van der Waals surface area contributed by atoms with Crippen molar-refractivity contribution in [2.75, 3.05) is 5.32 Å². The van der Waals surface area contributed by atoms with Crippen molar-refractivity contribution in [3.63, 3.8) is 0 Å². The van der Waals surface area contributed by atoms with Crippen molar-refractivity contribution >= 4 is 11.6 Å². The number of hydrogen-bond acceptors (Lipinski definition) is 3. The number of H-pyrrole nitrogens is 1. The first-order valence-electron chi connectivity index (χ1n) is 7.51. The number of hydrogen-bond donors (Lipinski definition) is 2. The van der Waals surface area contributed by atoms with Crippen molar-refractivity contribution in [3.05, 3.63) is 41.5 Å². The fourth-order valence-corrected chi connectivity index (χ4v) is 2.83. The van der Waals surface area contributed by atoms with Gasteiger partial charge in [-0.2, -0.15) is 0 Å². The van der Waals surface area contributed by atoms with Gasteiger partial charge in [-0.3, -0.25) is 4.79 Å². The number of amides is 1. The van der Waals surface area contributed by atoms with E-state index in [-0.39, 0.29) is 17.6 Å². The summed E-state index contributed by atoms with van der Waals surface area (Å²) in [4.78, 5) is 19.9. The third kappa shape index (κ3) is 3.87. The molecule has 1 aromatic heterocycles. The van der Waals surface area contributed by atoms with Gasteiger partial charge in [-0.15, -0.1) is 13.2 Å². The Hall–Kier alpha value is -2.51. The first-order valence-corrected chi connectivity index (χ1v) is 7.51. The number of rotatable bonds is 3. The number of halogens is 3. The normalized spacial score (nSPS) is 17.2. The van der Waals surface area contributed by atoms with Crippen LogP contribution in [0.1, 0.15) is 23.6 Å². The number of nitrogens with one attached hydrogen (secondary N) is 2. The average Bonchev–Trinajstić information content (AvgIpc) is 2.86. The zero-order valence-corrected chi connectivity index (χ0v) is 12.9. The van der Waals surface area contributed by atoms with Gasteiger partial charge in [0, 0.05) is 23.7 Å². The maximum absolute atomic E-state index is 12.3. The van der Waals surface area contributed by atoms with Gasteiger partial charge in [0.15, 0.2) is 0 Å². The fourth-order valence-electron chi connectivity index (χ4n) is 2.83. The molecule has 0 spiro atoms. The van der Waals surface area contributed by atoms with Crippen LogP contribution in [0.15, 0.2) is 24.3 Å². The summed E-state index contributed by atoms with van der Waals surface area (Å²) in [5.74, 6) is 0.165. The number of carbonyl (C=O) groups excluding carboxylic acids is 1. The van der Waals surface area contributed by atoms with E-state index in [1.54, 1.807) is 0 Å². The number of aromatic nitrogens is 2. The van der Waals surface area contributed by atoms with E-state index >= 15 is 0 Å². The maximum Gasteiger partial charge on any atom is 0.573 e. The highest BCUT2D eigenvalue weighted by Crippen LogP contribution is 2.27. The van der Waals surface area contributed by atoms with Crippen LogP contribution in [0.2, 0.25) is 0 Å². The SMILES string of the molecule is Cc1nc2c([nH]1)CC(C(=O)Nc1ccc(OC(F)(F)F)cc1)CC2. The fraction of sp³-hybridized carbons (Fsp3) is 0.375. The highest BCUT2D eigenvalue weighted by atomic mass is 19.4. The smallest absolute Gasteiger partial charge is 0.406 e. The van der Waals surface area contributed by atoms with Gasteiger partial charge in [0.25, 0.3) is 0 Å². The summed E-state index contributed by atoms with van der Waals surface area (Å²) in [7, 11) is 0. The van der Waals surface area contributed by atoms with E-state index in [4.69, 9.17) is 0 Å². The Morgan fingerprint density at radius 1 is 1.33 bits per heavy atom. The number of fused-ring (bicyclic) bond motifs is 1. The number of alkyl halides is 3. The number of imidazole rings is 1. The summed E-state index contributed by atoms with van der Waals surface area (Å²) < 4.78 is 40.1. The second-order valence-electron chi connectivity index (χ2n) is 5.75. The van der Waals surface area contributed by atoms with E-state index in [0.29, 0.717) is 18.5 Å². The molecule has 1 heterocycles. The topological polar surface area (TPSA) is 67.0 Å². The molecule has 2 aromatic rings. The average molecular weight is 339 g/mol. The molecule has 0 bridgehead atoms. The predicted octanol–water partition coefficient (Wildman–Crippen LogP) is 3.36. The van der Waals surface area contributed by atoms with Crippen LogP contribution in [0.5, 0.6) is 5.75 Å². The number of carbonyl (C=O) groups is 1. The lowest BCUT2D eigenvalue weighted by molar-refractivity contribution is -0.274. The molecular formula is C16H16F3N3O2. The Balaban J connectivity index is 1.61. The lowest BCUT2D eigenvalue weighted by atomic mass is 9.89. The standard InChI is InChI=1S/C16H16F3N3O2/c1-9-20-13-7-2-10(8-14(13)21-9)15(23)22-11-3-5-12(6-4-11)24-16(17,18)19/h3-6,10H,2,7-8H2,1H3,(H,20,21)(H,22,23). The molecule has 1 amide bonds. The highest BCUT2D eigenvalue weighted by molar-refractivity contribution is 5.92. The quantitative estimate of drug-likeness (QED) is 0.901. The highest BCUT2D eigenvalue weighted by Gasteiger charge is 2.31. The van der Waals surface area contributed by atoms with Gasteiger partial charge in [0.2, 0.25) is 5.91 Å². The van der Waals surface area contributed by atoms with E-state index in [1.807, 2.05) is 6.92 Å². The molecule has 3 rings (SSSR count). The molecule has 1 atom stereocenters. The molecule has 5 nitrogen and oxygen atoms in total. The maximum atomic E-state index is 12.3. The Bertz CT molecular complexity index is 738. The second kappa shape index (κ2) is 6.18. The summed E-state index contributed by atoms with van der Waals surface area (Å²) >= 11 is 0. The first-order chi connectivity index (χ1) is 11.3. The Morgan fingerprint density at radius 2 is 2.04 bits per heavy atom. The van der Waals surface area contributed by atoms with Gasteiger partial charge >= 0.3 is 6.36 Å². The number of anilines is 1. The van der Waals surface area contributed by atoms with Crippen molar-refractivity contribution in [1.29, 1.82) is 0 Å².